The van der Waals surface area contributed by atoms with Crippen LogP contribution in [0.4, 0.5) is 5.69 Å². The summed E-state index contributed by atoms with van der Waals surface area (Å²) in [5, 5.41) is 7.43. The Kier molecular flexibility index (Phi) is 3.62. The second-order valence-electron chi connectivity index (χ2n) is 4.00. The van der Waals surface area contributed by atoms with Gasteiger partial charge in [0, 0.05) is 10.7 Å². The van der Waals surface area contributed by atoms with E-state index in [-0.39, 0.29) is 5.91 Å². The van der Waals surface area contributed by atoms with Crippen molar-refractivity contribution >= 4 is 23.2 Å². The molecule has 0 saturated heterocycles. The number of carbonyl (C=O) groups excluding carboxylic acids is 1. The van der Waals surface area contributed by atoms with Gasteiger partial charge in [0.2, 0.25) is 5.91 Å². The summed E-state index contributed by atoms with van der Waals surface area (Å²) in [6.45, 7) is 3.65. The van der Waals surface area contributed by atoms with Crippen molar-refractivity contribution in [1.29, 1.82) is 0 Å². The molecule has 0 spiro atoms. The third kappa shape index (κ3) is 2.68. The Morgan fingerprint density at radius 1 is 1.50 bits per heavy atom. The fourth-order valence-corrected chi connectivity index (χ4v) is 1.77. The van der Waals surface area contributed by atoms with E-state index in [1.54, 1.807) is 25.1 Å². The first-order valence-electron chi connectivity index (χ1n) is 5.49. The highest BCUT2D eigenvalue weighted by Gasteiger charge is 2.16. The summed E-state index contributed by atoms with van der Waals surface area (Å²) >= 11 is 5.86. The monoisotopic (exact) mass is 264 g/mol. The summed E-state index contributed by atoms with van der Waals surface area (Å²) in [4.78, 5) is 15.8. The molecule has 0 saturated carbocycles. The molecule has 2 aromatic rings. The van der Waals surface area contributed by atoms with Gasteiger partial charge in [0.25, 0.3) is 0 Å². The number of carbonyl (C=O) groups is 1. The molecule has 0 aliphatic carbocycles. The molecule has 94 valence electrons. The van der Waals surface area contributed by atoms with E-state index in [0.717, 1.165) is 11.3 Å². The molecule has 0 unspecified atom stereocenters. The molecule has 0 fully saturated rings. The SMILES string of the molecule is Cc1cc(Cl)ccc1NC(=O)[C@H](C)n1cncn1. The minimum atomic E-state index is -0.414. The first kappa shape index (κ1) is 12.6. The lowest BCUT2D eigenvalue weighted by Gasteiger charge is -2.13. The summed E-state index contributed by atoms with van der Waals surface area (Å²) in [6.07, 6.45) is 2.91. The zero-order valence-electron chi connectivity index (χ0n) is 10.1. The third-order valence-electron chi connectivity index (χ3n) is 2.66. The number of aryl methyl sites for hydroxylation is 1. The highest BCUT2D eigenvalue weighted by atomic mass is 35.5. The molecular weight excluding hydrogens is 252 g/mol. The Labute approximate surface area is 110 Å². The largest absolute Gasteiger partial charge is 0.324 e. The lowest BCUT2D eigenvalue weighted by Crippen LogP contribution is -2.24. The third-order valence-corrected chi connectivity index (χ3v) is 2.89. The number of benzene rings is 1. The van der Waals surface area contributed by atoms with E-state index in [1.165, 1.54) is 17.3 Å². The maximum Gasteiger partial charge on any atom is 0.249 e. The average Bonchev–Trinajstić information content (AvgIpc) is 2.85. The average molecular weight is 265 g/mol. The van der Waals surface area contributed by atoms with Crippen LogP contribution in [0.3, 0.4) is 0 Å². The standard InChI is InChI=1S/C12H13ClN4O/c1-8-5-10(13)3-4-11(8)16-12(18)9(2)17-7-14-6-15-17/h3-7,9H,1-2H3,(H,16,18)/t9-/m0/s1. The van der Waals surface area contributed by atoms with Crippen LogP contribution in [0.5, 0.6) is 0 Å². The molecule has 1 atom stereocenters. The molecule has 0 aliphatic rings. The van der Waals surface area contributed by atoms with Crippen molar-refractivity contribution in [1.82, 2.24) is 14.8 Å². The number of amides is 1. The quantitative estimate of drug-likeness (QED) is 0.926. The number of nitrogens with one attached hydrogen (secondary N) is 1. The predicted octanol–water partition coefficient (Wildman–Crippen LogP) is 2.44. The minimum absolute atomic E-state index is 0.147. The lowest BCUT2D eigenvalue weighted by atomic mass is 10.2. The summed E-state index contributed by atoms with van der Waals surface area (Å²) in [5.74, 6) is -0.147. The Balaban J connectivity index is 2.12. The van der Waals surface area contributed by atoms with Crippen LogP contribution in [0.15, 0.2) is 30.9 Å². The maximum atomic E-state index is 12.0. The molecule has 2 rings (SSSR count). The van der Waals surface area contributed by atoms with Gasteiger partial charge in [-0.25, -0.2) is 9.67 Å². The van der Waals surface area contributed by atoms with Gasteiger partial charge in [-0.3, -0.25) is 4.79 Å². The van der Waals surface area contributed by atoms with Gasteiger partial charge in [-0.2, -0.15) is 5.10 Å². The smallest absolute Gasteiger partial charge is 0.249 e. The van der Waals surface area contributed by atoms with Crippen LogP contribution in [0, 0.1) is 6.92 Å². The molecule has 18 heavy (non-hydrogen) atoms. The van der Waals surface area contributed by atoms with Crippen molar-refractivity contribution in [3.8, 4) is 0 Å². The van der Waals surface area contributed by atoms with Crippen molar-refractivity contribution in [3.63, 3.8) is 0 Å². The molecule has 1 aromatic heterocycles. The molecule has 0 radical (unpaired) electrons. The van der Waals surface area contributed by atoms with E-state index in [2.05, 4.69) is 15.4 Å². The van der Waals surface area contributed by atoms with Crippen molar-refractivity contribution < 1.29 is 4.79 Å². The van der Waals surface area contributed by atoms with Crippen LogP contribution in [0.2, 0.25) is 5.02 Å². The molecule has 0 aliphatic heterocycles. The van der Waals surface area contributed by atoms with Crippen LogP contribution in [-0.4, -0.2) is 20.7 Å². The summed E-state index contributed by atoms with van der Waals surface area (Å²) in [7, 11) is 0. The van der Waals surface area contributed by atoms with Gasteiger partial charge in [-0.1, -0.05) is 11.6 Å². The highest BCUT2D eigenvalue weighted by Crippen LogP contribution is 2.20. The number of rotatable bonds is 3. The fourth-order valence-electron chi connectivity index (χ4n) is 1.54. The number of hydrogen-bond donors (Lipinski definition) is 1. The van der Waals surface area contributed by atoms with Crippen molar-refractivity contribution in [2.75, 3.05) is 5.32 Å². The van der Waals surface area contributed by atoms with Gasteiger partial charge in [-0.15, -0.1) is 0 Å². The van der Waals surface area contributed by atoms with Crippen molar-refractivity contribution in [3.05, 3.63) is 41.4 Å². The first-order chi connectivity index (χ1) is 8.58. The summed E-state index contributed by atoms with van der Waals surface area (Å²) in [5.41, 5.74) is 1.66. The summed E-state index contributed by atoms with van der Waals surface area (Å²) < 4.78 is 1.50. The van der Waals surface area contributed by atoms with E-state index >= 15 is 0 Å². The molecule has 6 heteroatoms. The Morgan fingerprint density at radius 3 is 2.89 bits per heavy atom. The van der Waals surface area contributed by atoms with Crippen LogP contribution in [0.25, 0.3) is 0 Å². The van der Waals surface area contributed by atoms with Gasteiger partial charge < -0.3 is 5.32 Å². The number of halogens is 1. The highest BCUT2D eigenvalue weighted by molar-refractivity contribution is 6.30. The van der Waals surface area contributed by atoms with E-state index in [0.29, 0.717) is 5.02 Å². The maximum absolute atomic E-state index is 12.0. The first-order valence-corrected chi connectivity index (χ1v) is 5.87. The van der Waals surface area contributed by atoms with Gasteiger partial charge >= 0.3 is 0 Å². The fraction of sp³-hybridized carbons (Fsp3) is 0.250. The molecule has 0 bridgehead atoms. The number of hydrogen-bond acceptors (Lipinski definition) is 3. The van der Waals surface area contributed by atoms with Crippen LogP contribution < -0.4 is 5.32 Å². The Hall–Kier alpha value is -1.88. The van der Waals surface area contributed by atoms with Crippen molar-refractivity contribution in [2.45, 2.75) is 19.9 Å². The molecule has 1 aromatic carbocycles. The van der Waals surface area contributed by atoms with Crippen LogP contribution in [0.1, 0.15) is 18.5 Å². The number of anilines is 1. The van der Waals surface area contributed by atoms with Crippen molar-refractivity contribution in [2.24, 2.45) is 0 Å². The molecule has 5 nitrogen and oxygen atoms in total. The van der Waals surface area contributed by atoms with E-state index in [9.17, 15) is 4.79 Å². The van der Waals surface area contributed by atoms with Gasteiger partial charge in [0.15, 0.2) is 0 Å². The second kappa shape index (κ2) is 5.18. The predicted molar refractivity (Wildman–Crippen MR) is 69.6 cm³/mol. The normalized spacial score (nSPS) is 12.2. The van der Waals surface area contributed by atoms with E-state index in [1.807, 2.05) is 6.92 Å². The number of aromatic nitrogens is 3. The summed E-state index contributed by atoms with van der Waals surface area (Å²) in [6, 6.07) is 4.91. The minimum Gasteiger partial charge on any atom is -0.324 e. The van der Waals surface area contributed by atoms with Crippen LogP contribution in [-0.2, 0) is 4.79 Å². The van der Waals surface area contributed by atoms with E-state index < -0.39 is 6.04 Å². The zero-order valence-corrected chi connectivity index (χ0v) is 10.8. The van der Waals surface area contributed by atoms with Gasteiger partial charge in [-0.05, 0) is 37.6 Å². The molecule has 1 amide bonds. The Morgan fingerprint density at radius 2 is 2.28 bits per heavy atom. The second-order valence-corrected chi connectivity index (χ2v) is 4.44. The number of nitrogens with zero attached hydrogens (tertiary/aromatic N) is 3. The van der Waals surface area contributed by atoms with Crippen LogP contribution >= 0.6 is 11.6 Å². The molecular formula is C12H13ClN4O. The Bertz CT molecular complexity index is 553. The van der Waals surface area contributed by atoms with E-state index in [4.69, 9.17) is 11.6 Å². The molecule has 1 N–H and O–H groups in total. The van der Waals surface area contributed by atoms with Gasteiger partial charge in [0.05, 0.1) is 0 Å². The topological polar surface area (TPSA) is 59.8 Å². The van der Waals surface area contributed by atoms with Gasteiger partial charge in [0.1, 0.15) is 18.7 Å². The molecule has 1 heterocycles. The lowest BCUT2D eigenvalue weighted by molar-refractivity contribution is -0.119. The zero-order chi connectivity index (χ0) is 13.1.